The van der Waals surface area contributed by atoms with Crippen molar-refractivity contribution in [2.24, 2.45) is 17.8 Å². The Hall–Kier alpha value is -2.79. The first-order valence-electron chi connectivity index (χ1n) is 12.4. The SMILES string of the molecule is C/C=C/COc1ccc(C#Cc2ccc(C3CCC4CC(/C=C/C)CCC4C3)cc2F)cc1. The number of ether oxygens (including phenoxy) is 1. The van der Waals surface area contributed by atoms with Gasteiger partial charge in [-0.15, -0.1) is 0 Å². The van der Waals surface area contributed by atoms with Crippen molar-refractivity contribution in [1.29, 1.82) is 0 Å². The summed E-state index contributed by atoms with van der Waals surface area (Å²) in [5.41, 5.74) is 2.46. The standard InChI is InChI=1S/C31H35FO/c1-3-5-19-33-30-17-9-23(10-18-30)7-11-25-13-14-29(22-31(25)32)28-16-15-26-20-24(6-4-2)8-12-27(26)21-28/h3-6,9-10,13-14,17-18,22,24,26-28H,8,12,15-16,19-21H2,1-2H3/b5-3+,6-4+. The zero-order valence-corrected chi connectivity index (χ0v) is 19.9. The minimum Gasteiger partial charge on any atom is -0.490 e. The molecule has 2 aliphatic carbocycles. The molecule has 0 bridgehead atoms. The summed E-state index contributed by atoms with van der Waals surface area (Å²) in [6.07, 6.45) is 16.2. The molecule has 0 saturated heterocycles. The average molecular weight is 443 g/mol. The quantitative estimate of drug-likeness (QED) is 0.336. The fourth-order valence-electron chi connectivity index (χ4n) is 5.58. The lowest BCUT2D eigenvalue weighted by molar-refractivity contribution is 0.133. The molecule has 0 aromatic heterocycles. The molecule has 0 spiro atoms. The van der Waals surface area contributed by atoms with E-state index >= 15 is 0 Å². The van der Waals surface area contributed by atoms with Gasteiger partial charge in [0, 0.05) is 5.56 Å². The highest BCUT2D eigenvalue weighted by atomic mass is 19.1. The predicted octanol–water partition coefficient (Wildman–Crippen LogP) is 8.06. The lowest BCUT2D eigenvalue weighted by Gasteiger charge is -2.41. The Labute approximate surface area is 198 Å². The summed E-state index contributed by atoms with van der Waals surface area (Å²) < 4.78 is 20.5. The van der Waals surface area contributed by atoms with Crippen LogP contribution in [0.4, 0.5) is 4.39 Å². The van der Waals surface area contributed by atoms with Crippen LogP contribution in [0.15, 0.2) is 66.8 Å². The zero-order valence-electron chi connectivity index (χ0n) is 19.9. The lowest BCUT2D eigenvalue weighted by atomic mass is 9.64. The Morgan fingerprint density at radius 2 is 1.70 bits per heavy atom. The monoisotopic (exact) mass is 442 g/mol. The summed E-state index contributed by atoms with van der Waals surface area (Å²) in [6, 6.07) is 13.3. The Kier molecular flexibility index (Phi) is 8.05. The third-order valence-electron chi connectivity index (χ3n) is 7.36. The second-order valence-corrected chi connectivity index (χ2v) is 9.52. The second kappa shape index (κ2) is 11.4. The molecule has 2 aliphatic rings. The molecular weight excluding hydrogens is 407 g/mol. The Bertz CT molecular complexity index is 1040. The van der Waals surface area contributed by atoms with Crippen molar-refractivity contribution >= 4 is 0 Å². The molecule has 2 aromatic carbocycles. The maximum absolute atomic E-state index is 14.9. The van der Waals surface area contributed by atoms with E-state index in [1.807, 2.05) is 49.4 Å². The normalized spacial score (nSPS) is 24.9. The van der Waals surface area contributed by atoms with E-state index in [1.165, 1.54) is 38.5 Å². The van der Waals surface area contributed by atoms with Crippen LogP contribution in [0.25, 0.3) is 0 Å². The summed E-state index contributed by atoms with van der Waals surface area (Å²) in [5.74, 6) is 9.60. The predicted molar refractivity (Wildman–Crippen MR) is 135 cm³/mol. The van der Waals surface area contributed by atoms with Crippen molar-refractivity contribution in [3.8, 4) is 17.6 Å². The molecule has 2 fully saturated rings. The molecular formula is C31H35FO. The molecule has 33 heavy (non-hydrogen) atoms. The summed E-state index contributed by atoms with van der Waals surface area (Å²) >= 11 is 0. The van der Waals surface area contributed by atoms with E-state index in [0.717, 1.165) is 34.6 Å². The van der Waals surface area contributed by atoms with Gasteiger partial charge in [0.15, 0.2) is 0 Å². The highest BCUT2D eigenvalue weighted by molar-refractivity contribution is 5.45. The molecule has 0 amide bonds. The van der Waals surface area contributed by atoms with Gasteiger partial charge in [0.2, 0.25) is 0 Å². The topological polar surface area (TPSA) is 9.23 Å². The number of hydrogen-bond donors (Lipinski definition) is 0. The first-order valence-corrected chi connectivity index (χ1v) is 12.4. The number of rotatable bonds is 5. The van der Waals surface area contributed by atoms with Crippen molar-refractivity contribution in [2.45, 2.75) is 58.3 Å². The number of hydrogen-bond acceptors (Lipinski definition) is 1. The highest BCUT2D eigenvalue weighted by Gasteiger charge is 2.35. The third kappa shape index (κ3) is 6.17. The van der Waals surface area contributed by atoms with Crippen LogP contribution in [-0.4, -0.2) is 6.61 Å². The van der Waals surface area contributed by atoms with Gasteiger partial charge in [0.1, 0.15) is 18.2 Å². The average Bonchev–Trinajstić information content (AvgIpc) is 2.84. The van der Waals surface area contributed by atoms with Crippen molar-refractivity contribution in [3.05, 3.63) is 89.3 Å². The first-order chi connectivity index (χ1) is 16.2. The minimum atomic E-state index is -0.203. The fraction of sp³-hybridized carbons (Fsp3) is 0.419. The van der Waals surface area contributed by atoms with Gasteiger partial charge in [-0.25, -0.2) is 4.39 Å². The van der Waals surface area contributed by atoms with Crippen molar-refractivity contribution < 1.29 is 9.13 Å². The Morgan fingerprint density at radius 1 is 0.909 bits per heavy atom. The molecule has 4 atom stereocenters. The highest BCUT2D eigenvalue weighted by Crippen LogP contribution is 2.47. The van der Waals surface area contributed by atoms with Crippen LogP contribution in [0, 0.1) is 35.4 Å². The number of fused-ring (bicyclic) bond motifs is 1. The van der Waals surface area contributed by atoms with E-state index in [0.29, 0.717) is 18.1 Å². The molecule has 0 N–H and O–H groups in total. The van der Waals surface area contributed by atoms with Crippen LogP contribution in [0.3, 0.4) is 0 Å². The van der Waals surface area contributed by atoms with E-state index < -0.39 is 0 Å². The molecule has 0 aliphatic heterocycles. The van der Waals surface area contributed by atoms with E-state index in [2.05, 4.69) is 37.0 Å². The lowest BCUT2D eigenvalue weighted by Crippen LogP contribution is -2.30. The van der Waals surface area contributed by atoms with Crippen molar-refractivity contribution in [1.82, 2.24) is 0 Å². The number of benzene rings is 2. The number of allylic oxidation sites excluding steroid dienone is 3. The molecule has 2 aromatic rings. The summed E-state index contributed by atoms with van der Waals surface area (Å²) in [5, 5.41) is 0. The third-order valence-corrected chi connectivity index (χ3v) is 7.36. The Morgan fingerprint density at radius 3 is 2.45 bits per heavy atom. The van der Waals surface area contributed by atoms with Crippen molar-refractivity contribution in [3.63, 3.8) is 0 Å². The van der Waals surface area contributed by atoms with Gasteiger partial charge in [-0.1, -0.05) is 42.2 Å². The fourth-order valence-corrected chi connectivity index (χ4v) is 5.58. The summed E-state index contributed by atoms with van der Waals surface area (Å²) in [4.78, 5) is 0. The second-order valence-electron chi connectivity index (χ2n) is 9.52. The van der Waals surface area contributed by atoms with Crippen LogP contribution in [-0.2, 0) is 0 Å². The van der Waals surface area contributed by atoms with Gasteiger partial charge in [0.05, 0.1) is 5.56 Å². The van der Waals surface area contributed by atoms with E-state index in [-0.39, 0.29) is 5.82 Å². The first kappa shape index (κ1) is 23.4. The molecule has 172 valence electrons. The molecule has 2 saturated carbocycles. The molecule has 1 nitrogen and oxygen atoms in total. The van der Waals surface area contributed by atoms with Crippen molar-refractivity contribution in [2.75, 3.05) is 6.61 Å². The molecule has 0 heterocycles. The maximum atomic E-state index is 14.9. The van der Waals surface area contributed by atoms with Crippen LogP contribution >= 0.6 is 0 Å². The van der Waals surface area contributed by atoms with Crippen LogP contribution in [0.5, 0.6) is 5.75 Å². The van der Waals surface area contributed by atoms with Gasteiger partial charge in [0.25, 0.3) is 0 Å². The van der Waals surface area contributed by atoms with Crippen LogP contribution in [0.2, 0.25) is 0 Å². The molecule has 2 heteroatoms. The van der Waals surface area contributed by atoms with E-state index in [9.17, 15) is 4.39 Å². The largest absolute Gasteiger partial charge is 0.490 e. The van der Waals surface area contributed by atoms with Gasteiger partial charge in [-0.05, 0) is 118 Å². The van der Waals surface area contributed by atoms with Gasteiger partial charge in [-0.3, -0.25) is 0 Å². The van der Waals surface area contributed by atoms with E-state index in [4.69, 9.17) is 4.74 Å². The molecule has 0 radical (unpaired) electrons. The molecule has 4 rings (SSSR count). The van der Waals surface area contributed by atoms with E-state index in [1.54, 1.807) is 6.07 Å². The smallest absolute Gasteiger partial charge is 0.139 e. The van der Waals surface area contributed by atoms with Crippen LogP contribution in [0.1, 0.15) is 75.0 Å². The minimum absolute atomic E-state index is 0.203. The zero-order chi connectivity index (χ0) is 23.0. The molecule has 4 unspecified atom stereocenters. The van der Waals surface area contributed by atoms with Gasteiger partial charge >= 0.3 is 0 Å². The van der Waals surface area contributed by atoms with Gasteiger partial charge in [-0.2, -0.15) is 0 Å². The Balaban J connectivity index is 1.37. The summed E-state index contributed by atoms with van der Waals surface area (Å²) in [6.45, 7) is 4.65. The maximum Gasteiger partial charge on any atom is 0.139 e. The van der Waals surface area contributed by atoms with Gasteiger partial charge < -0.3 is 4.74 Å². The van der Waals surface area contributed by atoms with Crippen LogP contribution < -0.4 is 4.74 Å². The summed E-state index contributed by atoms with van der Waals surface area (Å²) in [7, 11) is 0. The number of halogens is 1.